The summed E-state index contributed by atoms with van der Waals surface area (Å²) in [5, 5.41) is 3.58. The minimum absolute atomic E-state index is 0.0164. The molecule has 7 rings (SSSR count). The van der Waals surface area contributed by atoms with Gasteiger partial charge >= 0.3 is 11.7 Å². The average molecular weight is 732 g/mol. The number of rotatable bonds is 10. The van der Waals surface area contributed by atoms with Crippen molar-refractivity contribution >= 4 is 39.4 Å². The van der Waals surface area contributed by atoms with E-state index in [1.165, 1.54) is 29.2 Å². The number of morpholine rings is 1. The zero-order valence-corrected chi connectivity index (χ0v) is 30.0. The van der Waals surface area contributed by atoms with Crippen molar-refractivity contribution in [3.05, 3.63) is 134 Å². The van der Waals surface area contributed by atoms with Gasteiger partial charge < -0.3 is 19.7 Å². The predicted molar refractivity (Wildman–Crippen MR) is 201 cm³/mol. The quantitative estimate of drug-likeness (QED) is 0.207. The summed E-state index contributed by atoms with van der Waals surface area (Å²) in [6.07, 6.45) is 6.51. The highest BCUT2D eigenvalue weighted by atomic mass is 19.1. The summed E-state index contributed by atoms with van der Waals surface area (Å²) in [4.78, 5) is 69.7. The Morgan fingerprint density at radius 3 is 2.56 bits per heavy atom. The highest BCUT2D eigenvalue weighted by Gasteiger charge is 2.28. The molecule has 1 amide bonds. The van der Waals surface area contributed by atoms with Gasteiger partial charge in [0, 0.05) is 68.3 Å². The third-order valence-corrected chi connectivity index (χ3v) is 9.65. The van der Waals surface area contributed by atoms with Crippen molar-refractivity contribution in [3.8, 4) is 5.69 Å². The van der Waals surface area contributed by atoms with Crippen LogP contribution in [0.1, 0.15) is 32.7 Å². The van der Waals surface area contributed by atoms with Crippen molar-refractivity contribution in [1.82, 2.24) is 29.4 Å². The maximum atomic E-state index is 15.7. The molecule has 1 fully saturated rings. The smallest absolute Gasteiger partial charge is 0.335 e. The normalized spacial score (nSPS) is 13.6. The average Bonchev–Trinajstić information content (AvgIpc) is 3.18. The Kier molecular flexibility index (Phi) is 10.3. The molecule has 54 heavy (non-hydrogen) atoms. The van der Waals surface area contributed by atoms with E-state index >= 15 is 4.39 Å². The molecule has 6 aromatic rings. The molecule has 0 saturated carbocycles. The molecule has 5 heterocycles. The fourth-order valence-electron chi connectivity index (χ4n) is 6.76. The van der Waals surface area contributed by atoms with Gasteiger partial charge in [-0.05, 0) is 66.9 Å². The molecule has 1 aliphatic rings. The van der Waals surface area contributed by atoms with Gasteiger partial charge in [0.1, 0.15) is 11.9 Å². The van der Waals surface area contributed by atoms with Gasteiger partial charge in [0.2, 0.25) is 0 Å². The number of aromatic nitrogens is 5. The van der Waals surface area contributed by atoms with Crippen LogP contribution in [0.15, 0.2) is 89.0 Å². The Balaban J connectivity index is 1.22. The number of nitrogens with zero attached hydrogens (tertiary/aromatic N) is 6. The molecule has 13 nitrogen and oxygen atoms in total. The molecule has 0 radical (unpaired) electrons. The molecule has 14 heteroatoms. The fourth-order valence-corrected chi connectivity index (χ4v) is 6.76. The van der Waals surface area contributed by atoms with Crippen LogP contribution < -0.4 is 21.5 Å². The van der Waals surface area contributed by atoms with E-state index in [4.69, 9.17) is 9.47 Å². The standard InChI is InChI=1S/C40H38FN7O6/c1-24-19-28(47-14-17-53-18-15-47)21-31(41)35(24)37(49)45-32(39(51)54-16-11-26-7-6-25(2)44-22-26)20-27-8-9-33(36-29(27)5-4-12-43-36)48-38(50)30-10-13-42-23-34(30)46(3)40(48)52/h4-10,12-13,19,21-23,32H,11,14-18,20H2,1-3H3,(H,45,49). The zero-order chi connectivity index (χ0) is 37.9. The van der Waals surface area contributed by atoms with Crippen molar-refractivity contribution in [2.75, 3.05) is 37.8 Å². The predicted octanol–water partition coefficient (Wildman–Crippen LogP) is 3.75. The van der Waals surface area contributed by atoms with Crippen molar-refractivity contribution < 1.29 is 23.5 Å². The van der Waals surface area contributed by atoms with E-state index in [2.05, 4.69) is 20.3 Å². The first-order valence-corrected chi connectivity index (χ1v) is 17.6. The first-order chi connectivity index (χ1) is 26.1. The summed E-state index contributed by atoms with van der Waals surface area (Å²) in [7, 11) is 1.56. The number of carbonyl (C=O) groups excluding carboxylic acids is 2. The third-order valence-electron chi connectivity index (χ3n) is 9.65. The number of nitrogens with one attached hydrogen (secondary N) is 1. The number of pyridine rings is 3. The van der Waals surface area contributed by atoms with E-state index in [1.54, 1.807) is 56.6 Å². The van der Waals surface area contributed by atoms with Crippen LogP contribution in [0.25, 0.3) is 27.5 Å². The Morgan fingerprint density at radius 1 is 0.981 bits per heavy atom. The van der Waals surface area contributed by atoms with Crippen molar-refractivity contribution in [2.45, 2.75) is 32.7 Å². The molecule has 0 spiro atoms. The van der Waals surface area contributed by atoms with Crippen LogP contribution in [0.2, 0.25) is 0 Å². The Morgan fingerprint density at radius 2 is 1.80 bits per heavy atom. The summed E-state index contributed by atoms with van der Waals surface area (Å²) in [6, 6.07) is 13.8. The maximum absolute atomic E-state index is 15.7. The van der Waals surface area contributed by atoms with Crippen LogP contribution in [0.4, 0.5) is 10.1 Å². The number of hydrogen-bond acceptors (Lipinski definition) is 10. The number of halogens is 1. The maximum Gasteiger partial charge on any atom is 0.335 e. The van der Waals surface area contributed by atoms with Crippen molar-refractivity contribution in [1.29, 1.82) is 0 Å². The van der Waals surface area contributed by atoms with Crippen LogP contribution in [-0.2, 0) is 34.2 Å². The first kappa shape index (κ1) is 36.1. The number of ether oxygens (including phenoxy) is 2. The zero-order valence-electron chi connectivity index (χ0n) is 30.0. The molecule has 1 aliphatic heterocycles. The fraction of sp³-hybridized carbons (Fsp3) is 0.275. The van der Waals surface area contributed by atoms with Gasteiger partial charge in [-0.3, -0.25) is 29.1 Å². The monoisotopic (exact) mass is 731 g/mol. The molecule has 1 atom stereocenters. The summed E-state index contributed by atoms with van der Waals surface area (Å²) in [5.41, 5.74) is 2.99. The summed E-state index contributed by atoms with van der Waals surface area (Å²) < 4.78 is 29.2. The molecule has 0 aliphatic carbocycles. The van der Waals surface area contributed by atoms with Gasteiger partial charge in [0.05, 0.1) is 53.7 Å². The Labute approximate surface area is 309 Å². The van der Waals surface area contributed by atoms with Crippen LogP contribution in [0, 0.1) is 19.7 Å². The van der Waals surface area contributed by atoms with E-state index in [-0.39, 0.29) is 24.3 Å². The van der Waals surface area contributed by atoms with Gasteiger partial charge in [0.25, 0.3) is 11.5 Å². The molecule has 1 N–H and O–H groups in total. The van der Waals surface area contributed by atoms with E-state index in [0.717, 1.165) is 15.8 Å². The molecule has 2 aromatic carbocycles. The van der Waals surface area contributed by atoms with Crippen molar-refractivity contribution in [2.24, 2.45) is 7.05 Å². The largest absolute Gasteiger partial charge is 0.464 e. The van der Waals surface area contributed by atoms with Crippen molar-refractivity contribution in [3.63, 3.8) is 0 Å². The molecule has 276 valence electrons. The molecule has 4 aromatic heterocycles. The Bertz CT molecular complexity index is 2490. The number of benzene rings is 2. The number of esters is 1. The second-order valence-corrected chi connectivity index (χ2v) is 13.2. The van der Waals surface area contributed by atoms with Crippen LogP contribution in [0.3, 0.4) is 0 Å². The highest BCUT2D eigenvalue weighted by Crippen LogP contribution is 2.26. The highest BCUT2D eigenvalue weighted by molar-refractivity contribution is 5.99. The molecule has 1 saturated heterocycles. The molecule has 0 bridgehead atoms. The van der Waals surface area contributed by atoms with E-state index in [0.29, 0.717) is 71.3 Å². The van der Waals surface area contributed by atoms with Gasteiger partial charge in [0.15, 0.2) is 0 Å². The summed E-state index contributed by atoms with van der Waals surface area (Å²) >= 11 is 0. The van der Waals surface area contributed by atoms with E-state index < -0.39 is 35.0 Å². The molecule has 1 unspecified atom stereocenters. The summed E-state index contributed by atoms with van der Waals surface area (Å²) in [5.74, 6) is -2.21. The minimum atomic E-state index is -1.25. The van der Waals surface area contributed by atoms with Gasteiger partial charge in [-0.15, -0.1) is 0 Å². The second kappa shape index (κ2) is 15.4. The third kappa shape index (κ3) is 7.20. The van der Waals surface area contributed by atoms with E-state index in [9.17, 15) is 19.2 Å². The number of amides is 1. The van der Waals surface area contributed by atoms with Crippen LogP contribution >= 0.6 is 0 Å². The lowest BCUT2D eigenvalue weighted by Crippen LogP contribution is -2.44. The number of hydrogen-bond donors (Lipinski definition) is 1. The topological polar surface area (TPSA) is 151 Å². The van der Waals surface area contributed by atoms with Gasteiger partial charge in [-0.1, -0.05) is 18.2 Å². The first-order valence-electron chi connectivity index (χ1n) is 17.6. The molecular formula is C40H38FN7O6. The van der Waals surface area contributed by atoms with Crippen LogP contribution in [-0.4, -0.2) is 74.9 Å². The summed E-state index contributed by atoms with van der Waals surface area (Å²) in [6.45, 7) is 5.78. The Hall–Kier alpha value is -6.28. The lowest BCUT2D eigenvalue weighted by Gasteiger charge is -2.29. The molecular weight excluding hydrogens is 693 g/mol. The minimum Gasteiger partial charge on any atom is -0.464 e. The number of anilines is 1. The number of carbonyl (C=O) groups is 2. The number of aryl methyl sites for hydroxylation is 3. The van der Waals surface area contributed by atoms with Crippen LogP contribution in [0.5, 0.6) is 0 Å². The lowest BCUT2D eigenvalue weighted by atomic mass is 9.99. The lowest BCUT2D eigenvalue weighted by molar-refractivity contribution is -0.145. The van der Waals surface area contributed by atoms with Gasteiger partial charge in [-0.25, -0.2) is 18.5 Å². The number of fused-ring (bicyclic) bond motifs is 2. The van der Waals surface area contributed by atoms with Gasteiger partial charge in [-0.2, -0.15) is 0 Å². The second-order valence-electron chi connectivity index (χ2n) is 13.2. The SMILES string of the molecule is Cc1ccc(CCOC(=O)C(Cc2ccc(-n3c(=O)c4ccncc4n(C)c3=O)c3ncccc23)NC(=O)c2c(C)cc(N3CCOCC3)cc2F)cn1. The van der Waals surface area contributed by atoms with E-state index in [1.807, 2.05) is 24.0 Å².